The number of hydrogen-bond acceptors (Lipinski definition) is 8. The van der Waals surface area contributed by atoms with Crippen molar-refractivity contribution >= 4 is 92.2 Å². The summed E-state index contributed by atoms with van der Waals surface area (Å²) in [7, 11) is 0. The molecule has 0 atom stereocenters. The standard InChI is InChI=1S/C28H16Cl4N10O2.Ni/c29-15-7-19(31)25-21(9-15)35-27-23(11-33-41(27)13-17-3-1-5-43-17)37-39-26-20(32)8-16(30)10-22(26)36-28-24(38-40-25)12-34-42(28)14-18-4-2-6-44-18;/h1-12H,13-14H2;/q-2;+2. The van der Waals surface area contributed by atoms with Crippen LogP contribution in [0.5, 0.6) is 0 Å². The van der Waals surface area contributed by atoms with E-state index >= 15 is 0 Å². The molecule has 0 saturated heterocycles. The summed E-state index contributed by atoms with van der Waals surface area (Å²) in [6, 6.07) is 13.5. The minimum atomic E-state index is 0. The van der Waals surface area contributed by atoms with E-state index in [2.05, 4.69) is 30.7 Å². The van der Waals surface area contributed by atoms with E-state index in [0.29, 0.717) is 56.0 Å². The van der Waals surface area contributed by atoms with Crippen LogP contribution in [-0.4, -0.2) is 19.6 Å². The molecule has 12 nitrogen and oxygen atoms in total. The molecular formula is C28H16Cl4N10NiO2. The Morgan fingerprint density at radius 2 is 1.07 bits per heavy atom. The molecule has 0 aliphatic carbocycles. The summed E-state index contributed by atoms with van der Waals surface area (Å²) < 4.78 is 14.2. The Morgan fingerprint density at radius 1 is 0.622 bits per heavy atom. The normalized spacial score (nSPS) is 12.2. The SMILES string of the molecule is Clc1cc(Cl)c2c(c1)[N-]c1c(cnn1Cc1ccco1)N=Nc1c(Cl)cc(Cl)cc1[N-]c1c(cnn1Cc1ccco1)N=N2.[Ni+2]. The van der Waals surface area contributed by atoms with Crippen LogP contribution < -0.4 is 0 Å². The van der Waals surface area contributed by atoms with Gasteiger partial charge in [-0.05, 0) is 71.5 Å². The first-order chi connectivity index (χ1) is 21.4. The van der Waals surface area contributed by atoms with Crippen molar-refractivity contribution in [2.45, 2.75) is 13.1 Å². The first-order valence-electron chi connectivity index (χ1n) is 12.8. The molecule has 0 fully saturated rings. The van der Waals surface area contributed by atoms with E-state index in [1.165, 1.54) is 12.4 Å². The summed E-state index contributed by atoms with van der Waals surface area (Å²) in [5, 5.41) is 37.6. The summed E-state index contributed by atoms with van der Waals surface area (Å²) >= 11 is 26.0. The molecule has 0 N–H and O–H groups in total. The fraction of sp³-hybridized carbons (Fsp3) is 0.0714. The molecule has 4 aromatic heterocycles. The minimum absolute atomic E-state index is 0. The number of hydrogen-bond donors (Lipinski definition) is 0. The van der Waals surface area contributed by atoms with Crippen molar-refractivity contribution in [3.8, 4) is 0 Å². The molecule has 5 heterocycles. The third-order valence-electron chi connectivity index (χ3n) is 6.34. The predicted molar refractivity (Wildman–Crippen MR) is 167 cm³/mol. The summed E-state index contributed by atoms with van der Waals surface area (Å²) in [5.74, 6) is 1.94. The fourth-order valence-electron chi connectivity index (χ4n) is 4.35. The second-order valence-corrected chi connectivity index (χ2v) is 11.0. The fourth-order valence-corrected chi connectivity index (χ4v) is 5.39. The van der Waals surface area contributed by atoms with E-state index in [9.17, 15) is 0 Å². The molecule has 1 aliphatic heterocycles. The van der Waals surface area contributed by atoms with Gasteiger partial charge >= 0.3 is 16.5 Å². The Hall–Kier alpha value is -4.13. The molecule has 7 rings (SSSR count). The first-order valence-corrected chi connectivity index (χ1v) is 14.3. The number of rotatable bonds is 4. The van der Waals surface area contributed by atoms with Gasteiger partial charge in [-0.25, -0.2) is 0 Å². The average Bonchev–Trinajstić information content (AvgIpc) is 3.80. The molecule has 0 bridgehead atoms. The number of nitrogens with zero attached hydrogens (tertiary/aromatic N) is 10. The van der Waals surface area contributed by atoms with Crippen LogP contribution in [-0.2, 0) is 29.6 Å². The first kappa shape index (κ1) is 30.9. The molecule has 0 amide bonds. The number of benzene rings is 2. The number of halogens is 4. The number of furan rings is 2. The number of azo groups is 2. The van der Waals surface area contributed by atoms with E-state index in [1.807, 2.05) is 12.1 Å². The molecular weight excluding hydrogens is 709 g/mol. The Labute approximate surface area is 284 Å². The van der Waals surface area contributed by atoms with Crippen LogP contribution in [0.3, 0.4) is 0 Å². The molecule has 1 aliphatic rings. The molecule has 0 saturated carbocycles. The van der Waals surface area contributed by atoms with Crippen molar-refractivity contribution in [2.75, 3.05) is 0 Å². The van der Waals surface area contributed by atoms with Gasteiger partial charge in [0, 0.05) is 23.1 Å². The second-order valence-electron chi connectivity index (χ2n) is 9.32. The van der Waals surface area contributed by atoms with E-state index in [4.69, 9.17) is 65.9 Å². The maximum absolute atomic E-state index is 6.62. The van der Waals surface area contributed by atoms with Gasteiger partial charge in [0.15, 0.2) is 0 Å². The molecule has 2 aromatic carbocycles. The van der Waals surface area contributed by atoms with E-state index in [0.717, 1.165) is 0 Å². The van der Waals surface area contributed by atoms with Gasteiger partial charge in [0.05, 0.1) is 35.0 Å². The zero-order chi connectivity index (χ0) is 30.2. The largest absolute Gasteiger partial charge is 2.00 e. The molecule has 228 valence electrons. The smallest absolute Gasteiger partial charge is 0.469 e. The summed E-state index contributed by atoms with van der Waals surface area (Å²) in [5.41, 5.74) is 1.75. The second kappa shape index (κ2) is 13.1. The minimum Gasteiger partial charge on any atom is -0.469 e. The van der Waals surface area contributed by atoms with Crippen molar-refractivity contribution in [2.24, 2.45) is 20.5 Å². The Kier molecular flexibility index (Phi) is 8.98. The van der Waals surface area contributed by atoms with Crippen molar-refractivity contribution in [1.82, 2.24) is 19.6 Å². The quantitative estimate of drug-likeness (QED) is 0.167. The van der Waals surface area contributed by atoms with Crippen LogP contribution in [0.25, 0.3) is 10.6 Å². The Balaban J connectivity index is 0.00000357. The van der Waals surface area contributed by atoms with Gasteiger partial charge in [0.2, 0.25) is 0 Å². The van der Waals surface area contributed by atoms with Crippen LogP contribution in [0.2, 0.25) is 20.1 Å². The number of aromatic nitrogens is 4. The van der Waals surface area contributed by atoms with E-state index < -0.39 is 0 Å². The van der Waals surface area contributed by atoms with Gasteiger partial charge in [-0.15, -0.1) is 20.5 Å². The topological polar surface area (TPSA) is 140 Å². The zero-order valence-electron chi connectivity index (χ0n) is 22.5. The maximum atomic E-state index is 6.62. The monoisotopic (exact) mass is 722 g/mol. The van der Waals surface area contributed by atoms with Gasteiger partial charge in [-0.1, -0.05) is 46.4 Å². The maximum Gasteiger partial charge on any atom is 2.00 e. The Bertz CT molecular complexity index is 1890. The molecule has 17 heteroatoms. The Morgan fingerprint density at radius 3 is 1.47 bits per heavy atom. The van der Waals surface area contributed by atoms with Gasteiger partial charge in [-0.3, -0.25) is 10.2 Å². The van der Waals surface area contributed by atoms with E-state index in [1.54, 1.807) is 58.3 Å². The van der Waals surface area contributed by atoms with Crippen molar-refractivity contribution in [1.29, 1.82) is 0 Å². The van der Waals surface area contributed by atoms with Crippen LogP contribution in [0.4, 0.5) is 45.8 Å². The summed E-state index contributed by atoms with van der Waals surface area (Å²) in [4.78, 5) is 0. The predicted octanol–water partition coefficient (Wildman–Crippen LogP) is 11.8. The van der Waals surface area contributed by atoms with Crippen molar-refractivity contribution < 1.29 is 25.3 Å². The van der Waals surface area contributed by atoms with Crippen LogP contribution in [0.15, 0.2) is 103 Å². The van der Waals surface area contributed by atoms with Crippen LogP contribution in [0.1, 0.15) is 11.5 Å². The molecule has 0 spiro atoms. The van der Waals surface area contributed by atoms with E-state index in [-0.39, 0.29) is 51.0 Å². The average molecular weight is 725 g/mol. The van der Waals surface area contributed by atoms with Gasteiger partial charge in [0.25, 0.3) is 0 Å². The third kappa shape index (κ3) is 6.49. The van der Waals surface area contributed by atoms with Crippen LogP contribution in [0, 0.1) is 0 Å². The van der Waals surface area contributed by atoms with Gasteiger partial charge in [0.1, 0.15) is 34.3 Å². The number of fused-ring (bicyclic) bond motifs is 4. The zero-order valence-corrected chi connectivity index (χ0v) is 26.5. The van der Waals surface area contributed by atoms with Gasteiger partial charge < -0.3 is 28.8 Å². The molecule has 0 unspecified atom stereocenters. The third-order valence-corrected chi connectivity index (χ3v) is 7.35. The van der Waals surface area contributed by atoms with Crippen molar-refractivity contribution in [3.05, 3.63) is 116 Å². The van der Waals surface area contributed by atoms with Crippen molar-refractivity contribution in [3.63, 3.8) is 0 Å². The molecule has 45 heavy (non-hydrogen) atoms. The van der Waals surface area contributed by atoms with Crippen LogP contribution >= 0.6 is 46.4 Å². The summed E-state index contributed by atoms with van der Waals surface area (Å²) in [6.45, 7) is 0.514. The van der Waals surface area contributed by atoms with Gasteiger partial charge in [-0.2, -0.15) is 0 Å². The summed E-state index contributed by atoms with van der Waals surface area (Å²) in [6.07, 6.45) is 6.18. The molecule has 0 radical (unpaired) electrons. The molecule has 6 aromatic rings.